The van der Waals surface area contributed by atoms with E-state index in [1.807, 2.05) is 0 Å². The number of piperazine rings is 1. The zero-order valence-electron chi connectivity index (χ0n) is 14.7. The Morgan fingerprint density at radius 1 is 1.27 bits per heavy atom. The number of hydrogen-bond donors (Lipinski definition) is 2. The first-order valence-electron chi connectivity index (χ1n) is 8.63. The van der Waals surface area contributed by atoms with Gasteiger partial charge in [-0.15, -0.1) is 4.28 Å². The van der Waals surface area contributed by atoms with Gasteiger partial charge in [0.25, 0.3) is 0 Å². The quantitative estimate of drug-likeness (QED) is 0.343. The molecule has 3 heterocycles. The maximum Gasteiger partial charge on any atom is 0.418 e. The molecule has 11 nitrogen and oxygen atoms in total. The standard InChI is InChI=1S/C14H25N5O6S/c1-16-4-6-17(7-5-16)8-9-24-13(15)12-3-2-11-10-18(12)14(20)19(11)25-26(21,22)23/h11-12,15H,2-10H2,1H3,(H,21,22,23)/t11-,12+/m1/s1. The molecule has 3 rings (SSSR count). The fourth-order valence-corrected chi connectivity index (χ4v) is 3.94. The van der Waals surface area contributed by atoms with Gasteiger partial charge < -0.3 is 14.5 Å². The predicted molar refractivity (Wildman–Crippen MR) is 91.0 cm³/mol. The number of ether oxygens (including phenoxy) is 1. The highest BCUT2D eigenvalue weighted by molar-refractivity contribution is 7.80. The Hall–Kier alpha value is -1.47. The number of urea groups is 1. The zero-order valence-corrected chi connectivity index (χ0v) is 15.5. The number of rotatable bonds is 6. The van der Waals surface area contributed by atoms with Crippen molar-refractivity contribution in [2.24, 2.45) is 0 Å². The van der Waals surface area contributed by atoms with Crippen LogP contribution in [-0.2, 0) is 19.4 Å². The van der Waals surface area contributed by atoms with E-state index in [0.29, 0.717) is 24.5 Å². The van der Waals surface area contributed by atoms with Gasteiger partial charge in [0.15, 0.2) is 0 Å². The van der Waals surface area contributed by atoms with Gasteiger partial charge >= 0.3 is 16.4 Å². The molecule has 3 aliphatic heterocycles. The van der Waals surface area contributed by atoms with Crippen molar-refractivity contribution in [2.45, 2.75) is 24.9 Å². The molecule has 0 aromatic carbocycles. The van der Waals surface area contributed by atoms with Gasteiger partial charge in [0.2, 0.25) is 5.90 Å². The molecule has 3 fully saturated rings. The Bertz CT molecular complexity index is 650. The number of carbonyl (C=O) groups excluding carboxylic acids is 1. The molecule has 0 aromatic rings. The molecule has 2 N–H and O–H groups in total. The lowest BCUT2D eigenvalue weighted by molar-refractivity contribution is -0.0316. The van der Waals surface area contributed by atoms with Crippen LogP contribution in [0.3, 0.4) is 0 Å². The average molecular weight is 391 g/mol. The molecule has 2 atom stereocenters. The van der Waals surface area contributed by atoms with Crippen LogP contribution in [0.25, 0.3) is 0 Å². The number of nitrogens with zero attached hydrogens (tertiary/aromatic N) is 4. The van der Waals surface area contributed by atoms with E-state index in [9.17, 15) is 13.2 Å². The molecule has 0 unspecified atom stereocenters. The minimum absolute atomic E-state index is 0.000340. The van der Waals surface area contributed by atoms with Crippen LogP contribution < -0.4 is 0 Å². The van der Waals surface area contributed by atoms with Crippen LogP contribution >= 0.6 is 0 Å². The Balaban J connectivity index is 1.49. The Labute approximate surface area is 152 Å². The van der Waals surface area contributed by atoms with Crippen molar-refractivity contribution < 1.29 is 26.8 Å². The summed E-state index contributed by atoms with van der Waals surface area (Å²) in [6.45, 7) is 5.27. The van der Waals surface area contributed by atoms with Crippen LogP contribution in [-0.4, -0.2) is 110 Å². The van der Waals surface area contributed by atoms with Crippen LogP contribution in [0, 0.1) is 5.41 Å². The highest BCUT2D eigenvalue weighted by Crippen LogP contribution is 2.31. The van der Waals surface area contributed by atoms with Gasteiger partial charge in [-0.25, -0.2) is 4.79 Å². The third-order valence-corrected chi connectivity index (χ3v) is 5.41. The van der Waals surface area contributed by atoms with Gasteiger partial charge in [0, 0.05) is 39.3 Å². The second kappa shape index (κ2) is 7.64. The van der Waals surface area contributed by atoms with Crippen LogP contribution in [0.1, 0.15) is 12.8 Å². The van der Waals surface area contributed by atoms with Crippen LogP contribution in [0.2, 0.25) is 0 Å². The second-order valence-corrected chi connectivity index (χ2v) is 7.87. The normalized spacial score (nSPS) is 27.8. The van der Waals surface area contributed by atoms with Crippen molar-refractivity contribution >= 4 is 22.3 Å². The zero-order chi connectivity index (χ0) is 18.9. The molecule has 2 amide bonds. The lowest BCUT2D eigenvalue weighted by Gasteiger charge is -2.33. The molecular formula is C14H25N5O6S. The van der Waals surface area contributed by atoms with Crippen LogP contribution in [0.4, 0.5) is 4.79 Å². The molecule has 148 valence electrons. The molecule has 0 aromatic heterocycles. The molecule has 3 saturated heterocycles. The monoisotopic (exact) mass is 391 g/mol. The van der Waals surface area contributed by atoms with Crippen molar-refractivity contribution in [2.75, 3.05) is 52.9 Å². The summed E-state index contributed by atoms with van der Waals surface area (Å²) in [5, 5.41) is 8.82. The van der Waals surface area contributed by atoms with E-state index >= 15 is 0 Å². The van der Waals surface area contributed by atoms with Gasteiger partial charge in [-0.2, -0.15) is 13.5 Å². The van der Waals surface area contributed by atoms with Crippen LogP contribution in [0.5, 0.6) is 0 Å². The highest BCUT2D eigenvalue weighted by Gasteiger charge is 2.48. The van der Waals surface area contributed by atoms with Crippen molar-refractivity contribution in [1.82, 2.24) is 19.8 Å². The third kappa shape index (κ3) is 4.43. The summed E-state index contributed by atoms with van der Waals surface area (Å²) in [6, 6.07) is -1.68. The lowest BCUT2D eigenvalue weighted by atomic mass is 10.0. The van der Waals surface area contributed by atoms with Crippen molar-refractivity contribution in [3.05, 3.63) is 0 Å². The number of amides is 2. The maximum atomic E-state index is 12.3. The summed E-state index contributed by atoms with van der Waals surface area (Å²) >= 11 is 0. The molecule has 0 spiro atoms. The van der Waals surface area contributed by atoms with E-state index in [1.54, 1.807) is 0 Å². The maximum absolute atomic E-state index is 12.3. The number of nitrogens with one attached hydrogen (secondary N) is 1. The largest absolute Gasteiger partial charge is 0.478 e. The molecule has 0 aliphatic carbocycles. The van der Waals surface area contributed by atoms with E-state index in [1.165, 1.54) is 4.90 Å². The molecule has 2 bridgehead atoms. The van der Waals surface area contributed by atoms with Gasteiger partial charge in [-0.05, 0) is 19.9 Å². The third-order valence-electron chi connectivity index (χ3n) is 5.06. The number of hydroxylamine groups is 2. The minimum atomic E-state index is -4.76. The second-order valence-electron chi connectivity index (χ2n) is 6.87. The van der Waals surface area contributed by atoms with E-state index in [-0.39, 0.29) is 12.4 Å². The van der Waals surface area contributed by atoms with Crippen LogP contribution in [0.15, 0.2) is 0 Å². The highest BCUT2D eigenvalue weighted by atomic mass is 32.3. The summed E-state index contributed by atoms with van der Waals surface area (Å²) in [7, 11) is -2.68. The van der Waals surface area contributed by atoms with Gasteiger partial charge in [-0.3, -0.25) is 14.9 Å². The SMILES string of the molecule is CN1CCN(CCOC(=N)[C@@H]2CC[C@@H]3CN2C(=O)N3OS(=O)(=O)O)CC1. The average Bonchev–Trinajstić information content (AvgIpc) is 2.80. The molecule has 3 aliphatic rings. The number of carbonyl (C=O) groups is 1. The Kier molecular flexibility index (Phi) is 5.67. The fourth-order valence-electron chi connectivity index (χ4n) is 3.56. The Morgan fingerprint density at radius 2 is 1.96 bits per heavy atom. The van der Waals surface area contributed by atoms with Gasteiger partial charge in [0.05, 0.1) is 6.04 Å². The number of hydrogen-bond acceptors (Lipinski definition) is 8. The molecular weight excluding hydrogens is 366 g/mol. The molecule has 12 heteroatoms. The molecule has 26 heavy (non-hydrogen) atoms. The van der Waals surface area contributed by atoms with E-state index in [4.69, 9.17) is 14.7 Å². The van der Waals surface area contributed by atoms with E-state index < -0.39 is 28.5 Å². The summed E-state index contributed by atoms with van der Waals surface area (Å²) < 4.78 is 40.5. The first-order chi connectivity index (χ1) is 12.2. The lowest BCUT2D eigenvalue weighted by Crippen LogP contribution is -2.47. The summed E-state index contributed by atoms with van der Waals surface area (Å²) in [5.74, 6) is -0.000340. The van der Waals surface area contributed by atoms with Crippen molar-refractivity contribution in [3.63, 3.8) is 0 Å². The fraction of sp³-hybridized carbons (Fsp3) is 0.857. The molecule has 0 saturated carbocycles. The van der Waals surface area contributed by atoms with E-state index in [2.05, 4.69) is 21.1 Å². The number of likely N-dealkylation sites (N-methyl/N-ethyl adjacent to an activating group) is 1. The van der Waals surface area contributed by atoms with Crippen molar-refractivity contribution in [1.29, 1.82) is 5.41 Å². The van der Waals surface area contributed by atoms with Gasteiger partial charge in [-0.1, -0.05) is 0 Å². The smallest absolute Gasteiger partial charge is 0.418 e. The summed E-state index contributed by atoms with van der Waals surface area (Å²) in [4.78, 5) is 18.2. The van der Waals surface area contributed by atoms with E-state index in [0.717, 1.165) is 32.7 Å². The molecule has 0 radical (unpaired) electrons. The van der Waals surface area contributed by atoms with Crippen molar-refractivity contribution in [3.8, 4) is 0 Å². The topological polar surface area (TPSA) is 127 Å². The summed E-state index contributed by atoms with van der Waals surface area (Å²) in [5.41, 5.74) is 0. The number of piperidine rings is 1. The number of fused-ring (bicyclic) bond motifs is 2. The van der Waals surface area contributed by atoms with Gasteiger partial charge in [0.1, 0.15) is 12.6 Å². The summed E-state index contributed by atoms with van der Waals surface area (Å²) in [6.07, 6.45) is 0.946. The first-order valence-corrected chi connectivity index (χ1v) is 10.00. The minimum Gasteiger partial charge on any atom is -0.478 e. The predicted octanol–water partition coefficient (Wildman–Crippen LogP) is -0.769. The first kappa shape index (κ1) is 19.3. The Morgan fingerprint density at radius 3 is 2.62 bits per heavy atom.